The van der Waals surface area contributed by atoms with Crippen molar-refractivity contribution >= 4 is 118 Å². The average Bonchev–Trinajstić information content (AvgIpc) is 0.862. The standard InChI is InChI=1S/C64H88N6O30/c1-33(71)35-7-5-34(6-8-35)28-45(46(72)4-3-27-100-2)70-63(98)39(12-21-54(83)84)32-49(75)43(16-25-58(91)92)68-61(96)37(10-19-52(79)80)30-47(73)41(14-23-56(87)88)66-60(95)36(9-18-51(77)78)29-48(74)42(15-24-57(89)90)67-62(97)38(11-20-53(81)82)31-50(76)44(17-26-59(93)94)69-64(99)40(65)13-22-55(85)86/h5-8,36-45H,3-4,9-32,65H2,1-2H3,(H,66,95)(H,67,97)(H,68,96)(H,69,99)(H,70,98)(H,77,78)(H,79,80)(H,81,82)(H,83,84)(H,85,86)(H,87,88)(H,89,90)(H,91,92)(H,93,94)/t36-,37-,38-,39-,40+,41+,42+,43+,44+,45-/m0/s1. The van der Waals surface area contributed by atoms with E-state index >= 15 is 0 Å². The summed E-state index contributed by atoms with van der Waals surface area (Å²) in [5.41, 5.74) is 6.56. The summed E-state index contributed by atoms with van der Waals surface area (Å²) >= 11 is 0. The Morgan fingerprint density at radius 2 is 0.590 bits per heavy atom. The summed E-state index contributed by atoms with van der Waals surface area (Å²) in [6.07, 6.45) is -17.7. The molecule has 10 atom stereocenters. The molecule has 554 valence electrons. The molecule has 0 aliphatic carbocycles. The molecule has 0 radical (unpaired) electrons. The zero-order valence-corrected chi connectivity index (χ0v) is 55.1. The van der Waals surface area contributed by atoms with Crippen molar-refractivity contribution in [3.05, 3.63) is 35.4 Å². The monoisotopic (exact) mass is 1420 g/mol. The van der Waals surface area contributed by atoms with Gasteiger partial charge in [-0.3, -0.25) is 95.9 Å². The van der Waals surface area contributed by atoms with Gasteiger partial charge in [-0.15, -0.1) is 0 Å². The first kappa shape index (κ1) is 87.8. The average molecular weight is 1420 g/mol. The van der Waals surface area contributed by atoms with E-state index in [1.54, 1.807) is 0 Å². The number of nitrogens with one attached hydrogen (secondary N) is 5. The molecule has 0 saturated heterocycles. The summed E-state index contributed by atoms with van der Waals surface area (Å²) in [4.78, 5) is 257. The molecule has 36 heteroatoms. The number of benzene rings is 1. The van der Waals surface area contributed by atoms with Crippen LogP contribution >= 0.6 is 0 Å². The van der Waals surface area contributed by atoms with Gasteiger partial charge in [0.25, 0.3) is 0 Å². The second-order valence-corrected chi connectivity index (χ2v) is 23.8. The first-order valence-electron chi connectivity index (χ1n) is 31.8. The SMILES string of the molecule is COCCCC(=O)[C@H](Cc1ccc(C(C)=O)cc1)NC(=O)[C@@H](CCC(=O)O)CC(=O)[C@@H](CCC(=O)O)NC(=O)[C@@H](CCC(=O)O)CC(=O)[C@@H](CCC(=O)O)NC(=O)[C@@H](CCC(=O)O)CC(=O)[C@@H](CCC(=O)O)NC(=O)[C@@H](CCC(=O)O)CC(=O)[C@@H](CCC(=O)O)NC(=O)[C@H](N)CCC(=O)O. The first-order chi connectivity index (χ1) is 46.8. The van der Waals surface area contributed by atoms with Crippen LogP contribution in [-0.2, 0) is 102 Å². The molecule has 0 spiro atoms. The maximum Gasteiger partial charge on any atom is 0.303 e. The van der Waals surface area contributed by atoms with Crippen molar-refractivity contribution in [2.75, 3.05) is 13.7 Å². The molecule has 36 nitrogen and oxygen atoms in total. The van der Waals surface area contributed by atoms with Gasteiger partial charge in [0, 0.05) is 133 Å². The van der Waals surface area contributed by atoms with E-state index in [1.165, 1.54) is 38.3 Å². The molecule has 0 unspecified atom stereocenters. The molecular formula is C64H88N6O30. The highest BCUT2D eigenvalue weighted by Gasteiger charge is 2.38. The molecule has 1 aromatic rings. The van der Waals surface area contributed by atoms with E-state index < -0.39 is 313 Å². The van der Waals surface area contributed by atoms with E-state index in [0.29, 0.717) is 11.1 Å². The topological polar surface area (TPSA) is 619 Å². The van der Waals surface area contributed by atoms with E-state index in [0.717, 1.165) is 0 Å². The summed E-state index contributed by atoms with van der Waals surface area (Å²) in [6.45, 7) is 1.47. The third-order valence-corrected chi connectivity index (χ3v) is 15.8. The summed E-state index contributed by atoms with van der Waals surface area (Å²) in [5.74, 6) is -32.0. The number of carbonyl (C=O) groups excluding carboxylic acids is 11. The highest BCUT2D eigenvalue weighted by molar-refractivity contribution is 6.00. The summed E-state index contributed by atoms with van der Waals surface area (Å²) in [5, 5.41) is 97.2. The highest BCUT2D eigenvalue weighted by atomic mass is 16.5. The van der Waals surface area contributed by atoms with Crippen molar-refractivity contribution in [2.24, 2.45) is 29.4 Å². The van der Waals surface area contributed by atoms with Crippen LogP contribution in [0.2, 0.25) is 0 Å². The number of carboxylic acids is 9. The molecule has 0 fully saturated rings. The van der Waals surface area contributed by atoms with Crippen LogP contribution in [0.3, 0.4) is 0 Å². The maximum absolute atomic E-state index is 14.4. The van der Waals surface area contributed by atoms with Crippen LogP contribution in [0.15, 0.2) is 24.3 Å². The number of aliphatic carboxylic acids is 9. The molecule has 0 bridgehead atoms. The number of hydrogen-bond donors (Lipinski definition) is 15. The van der Waals surface area contributed by atoms with Crippen LogP contribution in [0, 0.1) is 23.7 Å². The predicted molar refractivity (Wildman–Crippen MR) is 338 cm³/mol. The Labute approximate surface area is 571 Å². The Morgan fingerprint density at radius 3 is 0.850 bits per heavy atom. The van der Waals surface area contributed by atoms with E-state index in [1.807, 2.05) is 0 Å². The molecule has 0 heterocycles. The van der Waals surface area contributed by atoms with Gasteiger partial charge in [0.15, 0.2) is 34.7 Å². The van der Waals surface area contributed by atoms with Gasteiger partial charge >= 0.3 is 53.7 Å². The van der Waals surface area contributed by atoms with Crippen molar-refractivity contribution in [3.63, 3.8) is 0 Å². The van der Waals surface area contributed by atoms with Gasteiger partial charge in [0.1, 0.15) is 0 Å². The molecule has 0 aliphatic rings. The van der Waals surface area contributed by atoms with Gasteiger partial charge in [0.05, 0.1) is 36.3 Å². The van der Waals surface area contributed by atoms with Crippen molar-refractivity contribution in [1.82, 2.24) is 26.6 Å². The second-order valence-electron chi connectivity index (χ2n) is 23.8. The van der Waals surface area contributed by atoms with Crippen molar-refractivity contribution < 1.29 is 147 Å². The van der Waals surface area contributed by atoms with Gasteiger partial charge in [-0.2, -0.15) is 0 Å². The lowest BCUT2D eigenvalue weighted by atomic mass is 9.88. The number of amides is 5. The van der Waals surface area contributed by atoms with Gasteiger partial charge < -0.3 is 83.0 Å². The summed E-state index contributed by atoms with van der Waals surface area (Å²) < 4.78 is 5.04. The molecule has 100 heavy (non-hydrogen) atoms. The van der Waals surface area contributed by atoms with Crippen LogP contribution in [0.1, 0.15) is 177 Å². The van der Waals surface area contributed by atoms with Crippen molar-refractivity contribution in [3.8, 4) is 0 Å². The zero-order valence-electron chi connectivity index (χ0n) is 55.1. The number of ketones is 6. The molecule has 0 aliphatic heterocycles. The Bertz CT molecular complexity index is 3130. The molecule has 5 amide bonds. The molecule has 16 N–H and O–H groups in total. The number of methoxy groups -OCH3 is 1. The van der Waals surface area contributed by atoms with Crippen LogP contribution in [-0.4, -0.2) is 214 Å². The number of rotatable bonds is 57. The number of ether oxygens (including phenoxy) is 1. The zero-order chi connectivity index (χ0) is 75.9. The maximum atomic E-state index is 14.4. The number of carboxylic acid groups (broad SMARTS) is 9. The molecular weight excluding hydrogens is 1330 g/mol. The Balaban J connectivity index is 3.79. The molecule has 0 saturated carbocycles. The third-order valence-electron chi connectivity index (χ3n) is 15.8. The van der Waals surface area contributed by atoms with E-state index in [2.05, 4.69) is 26.6 Å². The largest absolute Gasteiger partial charge is 0.481 e. The quantitative estimate of drug-likeness (QED) is 0.0307. The number of Topliss-reactive ketones (excluding diaryl/α,β-unsaturated/α-hetero) is 6. The Kier molecular flexibility index (Phi) is 40.4. The molecule has 1 aromatic carbocycles. The van der Waals surface area contributed by atoms with Gasteiger partial charge in [-0.25, -0.2) is 0 Å². The minimum absolute atomic E-state index is 0.120. The van der Waals surface area contributed by atoms with Gasteiger partial charge in [-0.1, -0.05) is 24.3 Å². The van der Waals surface area contributed by atoms with E-state index in [4.69, 9.17) is 15.6 Å². The lowest BCUT2D eigenvalue weighted by molar-refractivity contribution is -0.141. The fraction of sp³-hybridized carbons (Fsp3) is 0.594. The van der Waals surface area contributed by atoms with Crippen molar-refractivity contribution in [2.45, 2.75) is 204 Å². The number of carbonyl (C=O) groups is 20. The molecule has 1 rings (SSSR count). The Morgan fingerprint density at radius 1 is 0.340 bits per heavy atom. The van der Waals surface area contributed by atoms with E-state index in [-0.39, 0.29) is 31.7 Å². The summed E-state index contributed by atoms with van der Waals surface area (Å²) in [7, 11) is 1.39. The van der Waals surface area contributed by atoms with E-state index in [9.17, 15) is 137 Å². The third kappa shape index (κ3) is 36.9. The predicted octanol–water partition coefficient (Wildman–Crippen LogP) is 0.263. The lowest BCUT2D eigenvalue weighted by Crippen LogP contribution is -2.50. The fourth-order valence-corrected chi connectivity index (χ4v) is 10.1. The smallest absolute Gasteiger partial charge is 0.303 e. The molecule has 0 aromatic heterocycles. The summed E-state index contributed by atoms with van der Waals surface area (Å²) in [6, 6.07) is -4.33. The van der Waals surface area contributed by atoms with Crippen LogP contribution < -0.4 is 32.3 Å². The van der Waals surface area contributed by atoms with Gasteiger partial charge in [-0.05, 0) is 83.1 Å². The van der Waals surface area contributed by atoms with Gasteiger partial charge in [0.2, 0.25) is 29.5 Å². The fourth-order valence-electron chi connectivity index (χ4n) is 10.1. The minimum atomic E-state index is -1.99. The van der Waals surface area contributed by atoms with Crippen LogP contribution in [0.5, 0.6) is 0 Å². The van der Waals surface area contributed by atoms with Crippen LogP contribution in [0.4, 0.5) is 0 Å². The second kappa shape index (κ2) is 46.1. The highest BCUT2D eigenvalue weighted by Crippen LogP contribution is 2.24. The van der Waals surface area contributed by atoms with Crippen LogP contribution in [0.25, 0.3) is 0 Å². The number of nitrogens with two attached hydrogens (primary N) is 1. The Hall–Kier alpha value is -10.3. The first-order valence-corrected chi connectivity index (χ1v) is 31.8. The minimum Gasteiger partial charge on any atom is -0.481 e. The normalized spacial score (nSPS) is 14.0. The van der Waals surface area contributed by atoms with Crippen molar-refractivity contribution in [1.29, 1.82) is 0 Å². The lowest BCUT2D eigenvalue weighted by Gasteiger charge is -2.26. The number of hydrogen-bond acceptors (Lipinski definition) is 22.